The van der Waals surface area contributed by atoms with Crippen LogP contribution in [0.15, 0.2) is 0 Å². The second-order valence-corrected chi connectivity index (χ2v) is 5.32. The van der Waals surface area contributed by atoms with Crippen LogP contribution in [0.1, 0.15) is 32.1 Å². The molecular weight excluding hydrogens is 216 g/mol. The Balaban J connectivity index is 1.63. The van der Waals surface area contributed by atoms with Gasteiger partial charge in [-0.3, -0.25) is 9.69 Å². The lowest BCUT2D eigenvalue weighted by atomic mass is 10.0. The summed E-state index contributed by atoms with van der Waals surface area (Å²) in [4.78, 5) is 15.5. The third-order valence-electron chi connectivity index (χ3n) is 4.19. The van der Waals surface area contributed by atoms with Gasteiger partial charge in [-0.25, -0.2) is 0 Å². The first-order valence-electron chi connectivity index (χ1n) is 6.90. The minimum Gasteiger partial charge on any atom is -0.387 e. The summed E-state index contributed by atoms with van der Waals surface area (Å²) in [5.74, 6) is 0.826. The Bertz CT molecular complexity index is 244. The van der Waals surface area contributed by atoms with Crippen molar-refractivity contribution in [2.45, 2.75) is 32.1 Å². The number of piperazine rings is 1. The first-order valence-corrected chi connectivity index (χ1v) is 6.90. The molecule has 2 rings (SSSR count). The molecule has 2 aliphatic rings. The van der Waals surface area contributed by atoms with Crippen molar-refractivity contribution in [3.63, 3.8) is 0 Å². The largest absolute Gasteiger partial charge is 0.387 e. The highest BCUT2D eigenvalue weighted by molar-refractivity contribution is 5.77. The number of hydrogen-bond acceptors (Lipinski definition) is 3. The molecular formula is C13H24N2O2. The van der Waals surface area contributed by atoms with Crippen molar-refractivity contribution in [1.29, 1.82) is 0 Å². The summed E-state index contributed by atoms with van der Waals surface area (Å²) in [6.45, 7) is 4.35. The second-order valence-electron chi connectivity index (χ2n) is 5.32. The van der Waals surface area contributed by atoms with Crippen LogP contribution in [0.25, 0.3) is 0 Å². The molecule has 1 saturated carbocycles. The number of rotatable bonds is 4. The van der Waals surface area contributed by atoms with E-state index in [-0.39, 0.29) is 12.5 Å². The number of aliphatic hydroxyl groups excluding tert-OH is 1. The van der Waals surface area contributed by atoms with E-state index in [0.717, 1.165) is 32.1 Å². The average molecular weight is 240 g/mol. The van der Waals surface area contributed by atoms with Crippen molar-refractivity contribution >= 4 is 5.91 Å². The Morgan fingerprint density at radius 1 is 1.12 bits per heavy atom. The van der Waals surface area contributed by atoms with E-state index < -0.39 is 0 Å². The van der Waals surface area contributed by atoms with Gasteiger partial charge < -0.3 is 10.0 Å². The first kappa shape index (κ1) is 12.8. The number of nitrogens with zero attached hydrogens (tertiary/aromatic N) is 2. The van der Waals surface area contributed by atoms with Crippen LogP contribution in [0.4, 0.5) is 0 Å². The van der Waals surface area contributed by atoms with Crippen molar-refractivity contribution in [3.8, 4) is 0 Å². The van der Waals surface area contributed by atoms with E-state index in [2.05, 4.69) is 4.90 Å². The molecule has 4 nitrogen and oxygen atoms in total. The van der Waals surface area contributed by atoms with Gasteiger partial charge in [-0.05, 0) is 18.9 Å². The van der Waals surface area contributed by atoms with E-state index in [1.807, 2.05) is 0 Å². The lowest BCUT2D eigenvalue weighted by Gasteiger charge is -2.34. The van der Waals surface area contributed by atoms with E-state index in [9.17, 15) is 4.79 Å². The van der Waals surface area contributed by atoms with Crippen molar-refractivity contribution < 1.29 is 9.90 Å². The van der Waals surface area contributed by atoms with Crippen LogP contribution in [0.5, 0.6) is 0 Å². The summed E-state index contributed by atoms with van der Waals surface area (Å²) in [5, 5.41) is 8.80. The van der Waals surface area contributed by atoms with E-state index in [1.54, 1.807) is 4.90 Å². The maximum absolute atomic E-state index is 11.3. The lowest BCUT2D eigenvalue weighted by Crippen LogP contribution is -2.49. The number of amides is 1. The molecule has 1 aliphatic carbocycles. The molecule has 98 valence electrons. The molecule has 0 unspecified atom stereocenters. The van der Waals surface area contributed by atoms with Crippen molar-refractivity contribution in [3.05, 3.63) is 0 Å². The summed E-state index contributed by atoms with van der Waals surface area (Å²) in [7, 11) is 0. The van der Waals surface area contributed by atoms with E-state index in [1.165, 1.54) is 38.6 Å². The highest BCUT2D eigenvalue weighted by atomic mass is 16.3. The molecule has 0 radical (unpaired) electrons. The Hall–Kier alpha value is -0.610. The Labute approximate surface area is 104 Å². The maximum atomic E-state index is 11.3. The molecule has 1 saturated heterocycles. The van der Waals surface area contributed by atoms with Gasteiger partial charge >= 0.3 is 0 Å². The van der Waals surface area contributed by atoms with Gasteiger partial charge in [0.05, 0.1) is 0 Å². The SMILES string of the molecule is O=C(CO)N1CCN(CCC2CCCC2)CC1. The van der Waals surface area contributed by atoms with Crippen LogP contribution in [0.3, 0.4) is 0 Å². The maximum Gasteiger partial charge on any atom is 0.248 e. The number of carbonyl (C=O) groups is 1. The van der Waals surface area contributed by atoms with Gasteiger partial charge in [0.15, 0.2) is 0 Å². The predicted molar refractivity (Wildman–Crippen MR) is 66.7 cm³/mol. The first-order chi connectivity index (χ1) is 8.29. The van der Waals surface area contributed by atoms with Crippen molar-refractivity contribution in [1.82, 2.24) is 9.80 Å². The molecule has 2 fully saturated rings. The van der Waals surface area contributed by atoms with Gasteiger partial charge in [-0.15, -0.1) is 0 Å². The second kappa shape index (κ2) is 6.36. The molecule has 0 aromatic carbocycles. The third-order valence-corrected chi connectivity index (χ3v) is 4.19. The fourth-order valence-electron chi connectivity index (χ4n) is 2.99. The third kappa shape index (κ3) is 3.68. The van der Waals surface area contributed by atoms with Crippen LogP contribution < -0.4 is 0 Å². The van der Waals surface area contributed by atoms with Gasteiger partial charge in [0.1, 0.15) is 6.61 Å². The topological polar surface area (TPSA) is 43.8 Å². The zero-order chi connectivity index (χ0) is 12.1. The summed E-state index contributed by atoms with van der Waals surface area (Å²) < 4.78 is 0. The van der Waals surface area contributed by atoms with Crippen LogP contribution in [-0.2, 0) is 4.79 Å². The van der Waals surface area contributed by atoms with Gasteiger partial charge in [-0.2, -0.15) is 0 Å². The molecule has 17 heavy (non-hydrogen) atoms. The minimum atomic E-state index is -0.345. The average Bonchev–Trinajstić information content (AvgIpc) is 2.89. The van der Waals surface area contributed by atoms with Crippen LogP contribution >= 0.6 is 0 Å². The summed E-state index contributed by atoms with van der Waals surface area (Å²) in [5.41, 5.74) is 0. The monoisotopic (exact) mass is 240 g/mol. The molecule has 1 heterocycles. The molecule has 1 aliphatic heterocycles. The minimum absolute atomic E-state index is 0.125. The molecule has 0 spiro atoms. The smallest absolute Gasteiger partial charge is 0.248 e. The number of carbonyl (C=O) groups excluding carboxylic acids is 1. The fraction of sp³-hybridized carbons (Fsp3) is 0.923. The van der Waals surface area contributed by atoms with Gasteiger partial charge in [-0.1, -0.05) is 25.7 Å². The molecule has 4 heteroatoms. The molecule has 0 aromatic heterocycles. The summed E-state index contributed by atoms with van der Waals surface area (Å²) in [6.07, 6.45) is 7.01. The van der Waals surface area contributed by atoms with Crippen molar-refractivity contribution in [2.75, 3.05) is 39.3 Å². The normalized spacial score (nSPS) is 23.2. The molecule has 1 amide bonds. The Morgan fingerprint density at radius 3 is 2.35 bits per heavy atom. The summed E-state index contributed by atoms with van der Waals surface area (Å²) >= 11 is 0. The van der Waals surface area contributed by atoms with E-state index in [0.29, 0.717) is 0 Å². The highest BCUT2D eigenvalue weighted by Gasteiger charge is 2.21. The van der Waals surface area contributed by atoms with Crippen LogP contribution in [0, 0.1) is 5.92 Å². The standard InChI is InChI=1S/C13H24N2O2/c16-11-13(17)15-9-7-14(8-10-15)6-5-12-3-1-2-4-12/h12,16H,1-11H2. The molecule has 0 aromatic rings. The van der Waals surface area contributed by atoms with E-state index >= 15 is 0 Å². The Morgan fingerprint density at radius 2 is 1.76 bits per heavy atom. The van der Waals surface area contributed by atoms with Crippen LogP contribution in [0.2, 0.25) is 0 Å². The van der Waals surface area contributed by atoms with Gasteiger partial charge in [0.25, 0.3) is 0 Å². The van der Waals surface area contributed by atoms with Gasteiger partial charge in [0, 0.05) is 26.2 Å². The molecule has 1 N–H and O–H groups in total. The predicted octanol–water partition coefficient (Wildman–Crippen LogP) is 0.703. The summed E-state index contributed by atoms with van der Waals surface area (Å²) in [6, 6.07) is 0. The fourth-order valence-corrected chi connectivity index (χ4v) is 2.99. The number of hydrogen-bond donors (Lipinski definition) is 1. The highest BCUT2D eigenvalue weighted by Crippen LogP contribution is 2.27. The quantitative estimate of drug-likeness (QED) is 0.787. The molecule has 0 atom stereocenters. The molecule has 0 bridgehead atoms. The zero-order valence-corrected chi connectivity index (χ0v) is 10.6. The van der Waals surface area contributed by atoms with Crippen molar-refractivity contribution in [2.24, 2.45) is 5.92 Å². The zero-order valence-electron chi connectivity index (χ0n) is 10.6. The van der Waals surface area contributed by atoms with Crippen LogP contribution in [-0.4, -0.2) is 60.1 Å². The Kier molecular flexibility index (Phi) is 4.80. The number of aliphatic hydroxyl groups is 1. The van der Waals surface area contributed by atoms with E-state index in [4.69, 9.17) is 5.11 Å². The lowest BCUT2D eigenvalue weighted by molar-refractivity contribution is -0.135. The van der Waals surface area contributed by atoms with Gasteiger partial charge in [0.2, 0.25) is 5.91 Å².